The topological polar surface area (TPSA) is 97.7 Å². The van der Waals surface area contributed by atoms with Crippen LogP contribution in [0.1, 0.15) is 67.7 Å². The molecule has 43 heavy (non-hydrogen) atoms. The Balaban J connectivity index is 2.14. The molecule has 2 aliphatic carbocycles. The van der Waals surface area contributed by atoms with Crippen molar-refractivity contribution in [1.82, 2.24) is 0 Å². The number of hydrogen-bond donors (Lipinski definition) is 1. The zero-order valence-electron chi connectivity index (χ0n) is 25.0. The fraction of sp³-hybridized carbons (Fsp3) is 0.333. The minimum Gasteiger partial charge on any atom is -0.425 e. The quantitative estimate of drug-likeness (QED) is 0.125. The molecular weight excluding hydrogens is 608 g/mol. The number of fused-ring (bicyclic) bond motifs is 2. The summed E-state index contributed by atoms with van der Waals surface area (Å²) in [5, 5.41) is 11.6. The summed E-state index contributed by atoms with van der Waals surface area (Å²) in [5.41, 5.74) is -3.87. The Morgan fingerprint density at radius 3 is 2.21 bits per heavy atom. The zero-order valence-corrected chi connectivity index (χ0v) is 26.6. The molecule has 0 saturated heterocycles. The van der Waals surface area contributed by atoms with Gasteiger partial charge in [0.25, 0.3) is 0 Å². The molecule has 0 heterocycles. The molecule has 0 aromatic heterocycles. The average molecular weight is 646 g/mol. The third-order valence-electron chi connectivity index (χ3n) is 8.97. The summed E-state index contributed by atoms with van der Waals surface area (Å²) >= 11 is 3.36. The molecule has 0 radical (unpaired) electrons. The van der Waals surface area contributed by atoms with E-state index in [1.54, 1.807) is 74.5 Å². The number of halogens is 1. The lowest BCUT2D eigenvalue weighted by Crippen LogP contribution is -2.70. The second-order valence-electron chi connectivity index (χ2n) is 12.1. The maximum Gasteiger partial charge on any atom is 0.343 e. The number of esters is 1. The van der Waals surface area contributed by atoms with Crippen LogP contribution in [0.25, 0.3) is 0 Å². The minimum atomic E-state index is -2.13. The molecule has 224 valence electrons. The molecule has 4 rings (SSSR count). The minimum absolute atomic E-state index is 0.00691. The van der Waals surface area contributed by atoms with Gasteiger partial charge in [0.15, 0.2) is 22.8 Å². The van der Waals surface area contributed by atoms with Crippen LogP contribution in [-0.4, -0.2) is 34.5 Å². The number of Topliss-reactive ketones (excluding diaryl/α,β-unsaturated/α-hetero) is 3. The van der Waals surface area contributed by atoms with E-state index in [-0.39, 0.29) is 41.7 Å². The molecule has 2 bridgehead atoms. The lowest BCUT2D eigenvalue weighted by Gasteiger charge is -2.60. The Bertz CT molecular complexity index is 1540. The number of aliphatic hydroxyl groups is 1. The van der Waals surface area contributed by atoms with E-state index >= 15 is 9.59 Å². The molecule has 0 amide bonds. The molecule has 2 aliphatic rings. The molecule has 7 heteroatoms. The molecule has 0 aliphatic heterocycles. The van der Waals surface area contributed by atoms with Crippen LogP contribution in [0.15, 0.2) is 107 Å². The van der Waals surface area contributed by atoms with Crippen LogP contribution in [0.4, 0.5) is 0 Å². The third-order valence-corrected chi connectivity index (χ3v) is 9.50. The van der Waals surface area contributed by atoms with Gasteiger partial charge in [0.2, 0.25) is 0 Å². The van der Waals surface area contributed by atoms with Gasteiger partial charge in [0.1, 0.15) is 5.76 Å². The molecule has 1 saturated carbocycles. The lowest BCUT2D eigenvalue weighted by atomic mass is 9.39. The van der Waals surface area contributed by atoms with Crippen molar-refractivity contribution in [3.8, 4) is 0 Å². The second kappa shape index (κ2) is 12.1. The number of ketones is 3. The third kappa shape index (κ3) is 5.12. The number of ether oxygens (including phenoxy) is 1. The number of rotatable bonds is 10. The van der Waals surface area contributed by atoms with E-state index in [1.165, 1.54) is 12.2 Å². The molecule has 1 N–H and O–H groups in total. The zero-order chi connectivity index (χ0) is 31.7. The lowest BCUT2D eigenvalue weighted by molar-refractivity contribution is -0.168. The van der Waals surface area contributed by atoms with Crippen LogP contribution < -0.4 is 0 Å². The van der Waals surface area contributed by atoms with Gasteiger partial charge in [-0.25, -0.2) is 4.79 Å². The summed E-state index contributed by atoms with van der Waals surface area (Å²) in [6.45, 7) is 14.8. The van der Waals surface area contributed by atoms with Crippen molar-refractivity contribution in [2.24, 2.45) is 22.2 Å². The van der Waals surface area contributed by atoms with Gasteiger partial charge in [0.05, 0.1) is 17.1 Å². The first-order chi connectivity index (χ1) is 20.3. The highest BCUT2D eigenvalue weighted by Gasteiger charge is 2.76. The normalized spacial score (nSPS) is 25.0. The highest BCUT2D eigenvalue weighted by Crippen LogP contribution is 2.67. The van der Waals surface area contributed by atoms with E-state index in [1.807, 2.05) is 13.8 Å². The van der Waals surface area contributed by atoms with Gasteiger partial charge in [0, 0.05) is 15.6 Å². The summed E-state index contributed by atoms with van der Waals surface area (Å²) < 4.78 is 6.86. The van der Waals surface area contributed by atoms with E-state index in [4.69, 9.17) is 4.74 Å². The average Bonchev–Trinajstić information content (AvgIpc) is 2.96. The second-order valence-corrected chi connectivity index (χ2v) is 13.1. The van der Waals surface area contributed by atoms with Crippen molar-refractivity contribution in [2.45, 2.75) is 53.1 Å². The Morgan fingerprint density at radius 1 is 1.02 bits per heavy atom. The van der Waals surface area contributed by atoms with Gasteiger partial charge in [-0.15, -0.1) is 13.2 Å². The summed E-state index contributed by atoms with van der Waals surface area (Å²) in [7, 11) is 0. The van der Waals surface area contributed by atoms with E-state index in [9.17, 15) is 14.7 Å². The predicted octanol–water partition coefficient (Wildman–Crippen LogP) is 7.39. The molecule has 4 atom stereocenters. The van der Waals surface area contributed by atoms with Gasteiger partial charge in [-0.2, -0.15) is 0 Å². The van der Waals surface area contributed by atoms with E-state index < -0.39 is 51.6 Å². The number of hydrogen-bond acceptors (Lipinski definition) is 6. The van der Waals surface area contributed by atoms with Crippen LogP contribution in [0.2, 0.25) is 0 Å². The van der Waals surface area contributed by atoms with Crippen LogP contribution >= 0.6 is 15.9 Å². The molecule has 2 aromatic rings. The Hall–Kier alpha value is -3.68. The van der Waals surface area contributed by atoms with Crippen molar-refractivity contribution in [1.29, 1.82) is 0 Å². The standard InChI is InChI=1S/C36H37BrO6/c1-7-12-26-30(40)35(19-8-2)21-27(28(38)20-22(3)4)34(5,6)36(33(35)42,29(39)23-13-10-9-11-14-23)31(26)43-32(41)24-15-17-25(37)18-16-24/h7-11,13-18,20,27-28,38H,1-2,12,19,21H2,3-6H3/t27-,28+,35+,36-/m0/s1. The highest BCUT2D eigenvalue weighted by atomic mass is 79.9. The summed E-state index contributed by atoms with van der Waals surface area (Å²) in [6.07, 6.45) is 3.49. The first-order valence-electron chi connectivity index (χ1n) is 14.2. The van der Waals surface area contributed by atoms with Crippen molar-refractivity contribution in [3.63, 3.8) is 0 Å². The molecular formula is C36H37BrO6. The van der Waals surface area contributed by atoms with Crippen molar-refractivity contribution in [3.05, 3.63) is 118 Å². The predicted molar refractivity (Wildman–Crippen MR) is 169 cm³/mol. The SMILES string of the molecule is C=CCC1=C(OC(=O)c2ccc(Br)cc2)[C@@]2(C(=O)c3ccccc3)C(=O)[C@](CC=C)(C[C@@H]([C@H](O)C=C(C)C)C2(C)C)C1=O. The van der Waals surface area contributed by atoms with Crippen LogP contribution in [0, 0.1) is 22.2 Å². The fourth-order valence-electron chi connectivity index (χ4n) is 6.89. The smallest absolute Gasteiger partial charge is 0.343 e. The summed E-state index contributed by atoms with van der Waals surface area (Å²) in [5.74, 6) is -3.64. The first kappa shape index (κ1) is 32.2. The fourth-order valence-corrected chi connectivity index (χ4v) is 7.16. The number of carbonyl (C=O) groups excluding carboxylic acids is 4. The van der Waals surface area contributed by atoms with E-state index in [2.05, 4.69) is 29.1 Å². The van der Waals surface area contributed by atoms with Crippen molar-refractivity contribution in [2.75, 3.05) is 0 Å². The van der Waals surface area contributed by atoms with Crippen LogP contribution in [0.3, 0.4) is 0 Å². The van der Waals surface area contributed by atoms with Gasteiger partial charge in [-0.3, -0.25) is 14.4 Å². The van der Waals surface area contributed by atoms with Crippen molar-refractivity contribution >= 4 is 39.2 Å². The first-order valence-corrected chi connectivity index (χ1v) is 15.0. The van der Waals surface area contributed by atoms with Crippen molar-refractivity contribution < 1.29 is 29.0 Å². The van der Waals surface area contributed by atoms with Gasteiger partial charge in [-0.1, -0.05) is 83.9 Å². The molecule has 6 nitrogen and oxygen atoms in total. The van der Waals surface area contributed by atoms with Crippen LogP contribution in [0.5, 0.6) is 0 Å². The molecule has 0 unspecified atom stereocenters. The van der Waals surface area contributed by atoms with E-state index in [0.29, 0.717) is 0 Å². The Kier molecular flexibility index (Phi) is 9.10. The largest absolute Gasteiger partial charge is 0.425 e. The number of carbonyl (C=O) groups is 4. The van der Waals surface area contributed by atoms with Crippen LogP contribution in [-0.2, 0) is 14.3 Å². The Labute approximate surface area is 261 Å². The summed E-state index contributed by atoms with van der Waals surface area (Å²) in [4.78, 5) is 58.4. The maximum absolute atomic E-state index is 15.2. The number of allylic oxidation sites excluding steroid dienone is 5. The van der Waals surface area contributed by atoms with Gasteiger partial charge in [-0.05, 0) is 68.7 Å². The summed E-state index contributed by atoms with van der Waals surface area (Å²) in [6, 6.07) is 14.8. The molecule has 1 fully saturated rings. The van der Waals surface area contributed by atoms with Gasteiger partial charge < -0.3 is 9.84 Å². The molecule has 0 spiro atoms. The number of aliphatic hydroxyl groups excluding tert-OH is 1. The Morgan fingerprint density at radius 2 is 1.65 bits per heavy atom. The monoisotopic (exact) mass is 644 g/mol. The number of benzene rings is 2. The maximum atomic E-state index is 15.2. The van der Waals surface area contributed by atoms with E-state index in [0.717, 1.165) is 10.0 Å². The van der Waals surface area contributed by atoms with Gasteiger partial charge >= 0.3 is 5.97 Å². The molecule has 2 aromatic carbocycles. The highest BCUT2D eigenvalue weighted by molar-refractivity contribution is 9.10.